The summed E-state index contributed by atoms with van der Waals surface area (Å²) in [6.07, 6.45) is 4.12. The predicted molar refractivity (Wildman–Crippen MR) is 128 cm³/mol. The topological polar surface area (TPSA) is 55.8 Å². The molecule has 5 nitrogen and oxygen atoms in total. The maximum atomic E-state index is 12.5. The van der Waals surface area contributed by atoms with E-state index in [4.69, 9.17) is 0 Å². The highest BCUT2D eigenvalue weighted by molar-refractivity contribution is 7.99. The highest BCUT2D eigenvalue weighted by Crippen LogP contribution is 2.31. The van der Waals surface area contributed by atoms with Gasteiger partial charge in [-0.3, -0.25) is 9.69 Å². The number of hydrogen-bond acceptors (Lipinski definition) is 5. The summed E-state index contributed by atoms with van der Waals surface area (Å²) in [5, 5.41) is 12.4. The van der Waals surface area contributed by atoms with Gasteiger partial charge in [0, 0.05) is 54.6 Å². The Labute approximate surface area is 189 Å². The molecule has 2 aliphatic heterocycles. The Morgan fingerprint density at radius 1 is 1.03 bits per heavy atom. The molecule has 1 fully saturated rings. The summed E-state index contributed by atoms with van der Waals surface area (Å²) in [5.41, 5.74) is 4.18. The lowest BCUT2D eigenvalue weighted by atomic mass is 10.1. The molecule has 2 N–H and O–H groups in total. The van der Waals surface area contributed by atoms with Gasteiger partial charge in [0.05, 0.1) is 6.61 Å². The number of nitrogens with one attached hydrogen (secondary N) is 1. The molecule has 31 heavy (non-hydrogen) atoms. The van der Waals surface area contributed by atoms with Crippen LogP contribution in [0.3, 0.4) is 0 Å². The molecule has 0 aliphatic carbocycles. The Bertz CT molecular complexity index is 922. The van der Waals surface area contributed by atoms with Crippen molar-refractivity contribution >= 4 is 29.4 Å². The minimum atomic E-state index is 0.0701. The van der Waals surface area contributed by atoms with Crippen molar-refractivity contribution in [2.75, 3.05) is 49.9 Å². The fourth-order valence-corrected chi connectivity index (χ4v) is 5.10. The first-order valence-corrected chi connectivity index (χ1v) is 12.1. The molecular formula is C25H31N3O2S. The van der Waals surface area contributed by atoms with Gasteiger partial charge in [-0.25, -0.2) is 0 Å². The Morgan fingerprint density at radius 2 is 1.87 bits per heavy atom. The van der Waals surface area contributed by atoms with E-state index in [1.165, 1.54) is 10.6 Å². The quantitative estimate of drug-likeness (QED) is 0.620. The first-order valence-electron chi connectivity index (χ1n) is 11.1. The number of benzene rings is 2. The van der Waals surface area contributed by atoms with Gasteiger partial charge in [-0.1, -0.05) is 30.3 Å². The van der Waals surface area contributed by atoms with Crippen molar-refractivity contribution in [3.8, 4) is 0 Å². The van der Waals surface area contributed by atoms with E-state index >= 15 is 0 Å². The average molecular weight is 438 g/mol. The molecule has 0 bridgehead atoms. The predicted octanol–water partition coefficient (Wildman–Crippen LogP) is 3.39. The first kappa shape index (κ1) is 21.9. The van der Waals surface area contributed by atoms with Crippen molar-refractivity contribution in [3.05, 3.63) is 65.2 Å². The molecule has 2 aromatic rings. The minimum absolute atomic E-state index is 0.0701. The van der Waals surface area contributed by atoms with E-state index in [-0.39, 0.29) is 12.5 Å². The van der Waals surface area contributed by atoms with Crippen LogP contribution in [0.15, 0.2) is 59.0 Å². The normalized spacial score (nSPS) is 16.5. The highest BCUT2D eigenvalue weighted by atomic mass is 32.2. The number of fused-ring (bicyclic) bond motifs is 1. The Hall–Kier alpha value is -2.28. The Balaban J connectivity index is 1.13. The number of aliphatic hydroxyl groups is 1. The van der Waals surface area contributed by atoms with Gasteiger partial charge < -0.3 is 15.3 Å². The molecule has 0 atom stereocenters. The highest BCUT2D eigenvalue weighted by Gasteiger charge is 2.18. The summed E-state index contributed by atoms with van der Waals surface area (Å²) in [6.45, 7) is 6.03. The maximum absolute atomic E-state index is 12.5. The van der Waals surface area contributed by atoms with Gasteiger partial charge in [-0.15, -0.1) is 11.8 Å². The zero-order chi connectivity index (χ0) is 21.5. The van der Waals surface area contributed by atoms with Crippen LogP contribution in [0.5, 0.6) is 0 Å². The number of carbonyl (C=O) groups excluding carboxylic acids is 1. The third-order valence-electron chi connectivity index (χ3n) is 5.94. The molecule has 164 valence electrons. The van der Waals surface area contributed by atoms with Crippen LogP contribution in [0.4, 0.5) is 5.69 Å². The first-order chi connectivity index (χ1) is 15.2. The standard InChI is InChI=1S/C25H31N3O2S/c29-18-20-6-5-8-23(16-20)28-14-12-27(13-15-28)11-4-3-10-26-25(30)22-17-21-7-1-2-9-24(21)31-19-22/h1-2,5-9,16-17,29H,3-4,10-15,18-19H2,(H,26,30). The number of piperazine rings is 1. The molecule has 2 heterocycles. The van der Waals surface area contributed by atoms with E-state index in [2.05, 4.69) is 39.4 Å². The molecule has 0 spiro atoms. The molecule has 1 amide bonds. The fourth-order valence-electron chi connectivity index (χ4n) is 4.10. The van der Waals surface area contributed by atoms with Crippen LogP contribution >= 0.6 is 11.8 Å². The third-order valence-corrected chi connectivity index (χ3v) is 7.08. The lowest BCUT2D eigenvalue weighted by molar-refractivity contribution is -0.117. The number of thioether (sulfide) groups is 1. The molecule has 0 unspecified atom stereocenters. The second-order valence-corrected chi connectivity index (χ2v) is 9.13. The second kappa shape index (κ2) is 10.8. The van der Waals surface area contributed by atoms with Crippen LogP contribution in [0, 0.1) is 0 Å². The minimum Gasteiger partial charge on any atom is -0.392 e. The average Bonchev–Trinajstić information content (AvgIpc) is 2.84. The van der Waals surface area contributed by atoms with Crippen LogP contribution in [0.2, 0.25) is 0 Å². The summed E-state index contributed by atoms with van der Waals surface area (Å²) in [5.74, 6) is 0.814. The lowest BCUT2D eigenvalue weighted by Crippen LogP contribution is -2.46. The maximum Gasteiger partial charge on any atom is 0.248 e. The van der Waals surface area contributed by atoms with Gasteiger partial charge in [-0.2, -0.15) is 0 Å². The number of amides is 1. The van der Waals surface area contributed by atoms with Crippen molar-refractivity contribution in [2.24, 2.45) is 0 Å². The smallest absolute Gasteiger partial charge is 0.248 e. The Kier molecular flexibility index (Phi) is 7.67. The van der Waals surface area contributed by atoms with Gasteiger partial charge in [0.2, 0.25) is 5.91 Å². The summed E-state index contributed by atoms with van der Waals surface area (Å²) < 4.78 is 0. The van der Waals surface area contributed by atoms with Gasteiger partial charge in [-0.05, 0) is 54.8 Å². The van der Waals surface area contributed by atoms with Gasteiger partial charge in [0.25, 0.3) is 0 Å². The number of anilines is 1. The van der Waals surface area contributed by atoms with Crippen molar-refractivity contribution in [1.82, 2.24) is 10.2 Å². The monoisotopic (exact) mass is 437 g/mol. The molecule has 2 aromatic carbocycles. The van der Waals surface area contributed by atoms with Crippen LogP contribution in [0.1, 0.15) is 24.0 Å². The number of nitrogens with zero attached hydrogens (tertiary/aromatic N) is 2. The van der Waals surface area contributed by atoms with Crippen LogP contribution in [-0.2, 0) is 11.4 Å². The molecule has 1 saturated heterocycles. The summed E-state index contributed by atoms with van der Waals surface area (Å²) in [4.78, 5) is 18.6. The fraction of sp³-hybridized carbons (Fsp3) is 0.400. The molecule has 4 rings (SSSR count). The number of rotatable bonds is 8. The van der Waals surface area contributed by atoms with Crippen LogP contribution in [0.25, 0.3) is 6.08 Å². The summed E-state index contributed by atoms with van der Waals surface area (Å²) >= 11 is 1.74. The summed E-state index contributed by atoms with van der Waals surface area (Å²) in [6, 6.07) is 16.4. The third kappa shape index (κ3) is 5.91. The molecule has 0 saturated carbocycles. The second-order valence-electron chi connectivity index (χ2n) is 8.12. The van der Waals surface area contributed by atoms with Crippen molar-refractivity contribution in [1.29, 1.82) is 0 Å². The van der Waals surface area contributed by atoms with E-state index in [0.29, 0.717) is 0 Å². The summed E-state index contributed by atoms with van der Waals surface area (Å²) in [7, 11) is 0. The van der Waals surface area contributed by atoms with Crippen LogP contribution < -0.4 is 10.2 Å². The number of aliphatic hydroxyl groups excluding tert-OH is 1. The zero-order valence-electron chi connectivity index (χ0n) is 17.9. The van der Waals surface area contributed by atoms with Gasteiger partial charge in [0.1, 0.15) is 0 Å². The lowest BCUT2D eigenvalue weighted by Gasteiger charge is -2.36. The van der Waals surface area contributed by atoms with Gasteiger partial charge in [0.15, 0.2) is 0 Å². The van der Waals surface area contributed by atoms with Gasteiger partial charge >= 0.3 is 0 Å². The van der Waals surface area contributed by atoms with E-state index in [1.807, 2.05) is 30.3 Å². The van der Waals surface area contributed by atoms with Crippen LogP contribution in [-0.4, -0.2) is 60.9 Å². The van der Waals surface area contributed by atoms with E-state index < -0.39 is 0 Å². The van der Waals surface area contributed by atoms with E-state index in [1.54, 1.807) is 11.8 Å². The van der Waals surface area contributed by atoms with E-state index in [9.17, 15) is 9.90 Å². The van der Waals surface area contributed by atoms with Crippen molar-refractivity contribution in [2.45, 2.75) is 24.3 Å². The molecule has 0 radical (unpaired) electrons. The molecular weight excluding hydrogens is 406 g/mol. The Morgan fingerprint density at radius 3 is 2.71 bits per heavy atom. The van der Waals surface area contributed by atoms with Crippen molar-refractivity contribution < 1.29 is 9.90 Å². The molecule has 0 aromatic heterocycles. The van der Waals surface area contributed by atoms with E-state index in [0.717, 1.165) is 74.6 Å². The molecule has 6 heteroatoms. The zero-order valence-corrected chi connectivity index (χ0v) is 18.7. The number of unbranched alkanes of at least 4 members (excludes halogenated alkanes) is 1. The number of carbonyl (C=O) groups is 1. The SMILES string of the molecule is O=C(NCCCCN1CCN(c2cccc(CO)c2)CC1)C1=Cc2ccccc2SC1. The largest absolute Gasteiger partial charge is 0.392 e. The van der Waals surface area contributed by atoms with Crippen molar-refractivity contribution in [3.63, 3.8) is 0 Å². The number of hydrogen-bond donors (Lipinski definition) is 2. The molecule has 2 aliphatic rings.